The molecule has 478 valence electrons. The number of methoxy groups -OCH3 is 3. The van der Waals surface area contributed by atoms with E-state index in [1.807, 2.05) is 89.5 Å². The highest BCUT2D eigenvalue weighted by Crippen LogP contribution is 2.51. The van der Waals surface area contributed by atoms with Crippen LogP contribution in [0.4, 0.5) is 4.39 Å². The molecule has 0 saturated carbocycles. The number of pyridine rings is 3. The Labute approximate surface area is 522 Å². The summed E-state index contributed by atoms with van der Waals surface area (Å²) in [6.45, 7) is 21.3. The molecule has 3 unspecified atom stereocenters. The van der Waals surface area contributed by atoms with Gasteiger partial charge in [0, 0.05) is 87.2 Å². The number of ketones is 1. The van der Waals surface area contributed by atoms with Crippen molar-refractivity contribution in [3.05, 3.63) is 138 Å². The van der Waals surface area contributed by atoms with E-state index in [-0.39, 0.29) is 63.0 Å². The summed E-state index contributed by atoms with van der Waals surface area (Å²) >= 11 is 0. The molecule has 9 aromatic rings. The fourth-order valence-corrected chi connectivity index (χ4v) is 13.0. The van der Waals surface area contributed by atoms with Crippen LogP contribution < -0.4 is 30.5 Å². The first kappa shape index (κ1) is 63.3. The summed E-state index contributed by atoms with van der Waals surface area (Å²) in [6.07, 6.45) is 5.90. The van der Waals surface area contributed by atoms with E-state index in [2.05, 4.69) is 20.8 Å². The molecule has 13 rings (SSSR count). The van der Waals surface area contributed by atoms with Crippen LogP contribution in [0.1, 0.15) is 130 Å². The lowest BCUT2D eigenvalue weighted by Crippen LogP contribution is -2.38. The summed E-state index contributed by atoms with van der Waals surface area (Å²) in [7, 11) is 4.90. The number of ether oxygens (including phenoxy) is 6. The van der Waals surface area contributed by atoms with Crippen molar-refractivity contribution in [1.29, 1.82) is 0 Å². The number of aromatic nitrogens is 9. The molecule has 0 aliphatic carbocycles. The Morgan fingerprint density at radius 3 is 1.62 bits per heavy atom. The third-order valence-corrected chi connectivity index (χ3v) is 17.4. The van der Waals surface area contributed by atoms with E-state index in [0.29, 0.717) is 92.1 Å². The molecule has 0 spiro atoms. The van der Waals surface area contributed by atoms with Crippen molar-refractivity contribution in [1.82, 2.24) is 43.0 Å². The quantitative estimate of drug-likeness (QED) is 0.0757. The molecule has 0 amide bonds. The second-order valence-corrected chi connectivity index (χ2v) is 25.9. The second kappa shape index (κ2) is 24.2. The van der Waals surface area contributed by atoms with Gasteiger partial charge in [-0.15, -0.1) is 0 Å². The van der Waals surface area contributed by atoms with E-state index in [9.17, 15) is 39.0 Å². The van der Waals surface area contributed by atoms with Gasteiger partial charge in [-0.25, -0.2) is 14.0 Å². The molecule has 10 heterocycles. The number of carbonyl (C=O) groups is 3. The Hall–Kier alpha value is -9.26. The number of hydrogen-bond acceptors (Lipinski definition) is 15. The summed E-state index contributed by atoms with van der Waals surface area (Å²) in [5.74, 6) is -2.07. The lowest BCUT2D eigenvalue weighted by Gasteiger charge is -2.38. The lowest BCUT2D eigenvalue weighted by atomic mass is 9.84. The molecule has 23 nitrogen and oxygen atoms in total. The first-order chi connectivity index (χ1) is 43.2. The molecule has 24 heteroatoms. The zero-order valence-electron chi connectivity index (χ0n) is 53.0. The highest BCUT2D eigenvalue weighted by Gasteiger charge is 2.50. The van der Waals surface area contributed by atoms with Crippen LogP contribution in [0.5, 0.6) is 17.2 Å². The highest BCUT2D eigenvalue weighted by molar-refractivity contribution is 6.00. The summed E-state index contributed by atoms with van der Waals surface area (Å²) < 4.78 is 60.2. The Balaban J connectivity index is 0.000000140. The molecule has 6 aromatic heterocycles. The van der Waals surface area contributed by atoms with Crippen LogP contribution in [0.2, 0.25) is 0 Å². The number of halogens is 1. The zero-order valence-corrected chi connectivity index (χ0v) is 53.0. The molecular weight excluding hydrogens is 1170 g/mol. The van der Waals surface area contributed by atoms with Crippen LogP contribution in [0.25, 0.3) is 66.9 Å². The molecule has 4 atom stereocenters. The lowest BCUT2D eigenvalue weighted by molar-refractivity contribution is 0.0145. The minimum Gasteiger partial charge on any atom is -0.494 e. The van der Waals surface area contributed by atoms with Gasteiger partial charge in [-0.1, -0.05) is 77.9 Å². The third-order valence-electron chi connectivity index (χ3n) is 17.4. The molecular formula is C67H74FN9O14. The first-order valence-electron chi connectivity index (χ1n) is 30.1. The Kier molecular flexibility index (Phi) is 16.8. The van der Waals surface area contributed by atoms with E-state index < -0.39 is 39.8 Å². The van der Waals surface area contributed by atoms with Gasteiger partial charge >= 0.3 is 11.9 Å². The molecule has 0 bridgehead atoms. The fourth-order valence-electron chi connectivity index (χ4n) is 13.0. The number of benzene rings is 3. The van der Waals surface area contributed by atoms with Crippen molar-refractivity contribution < 1.29 is 57.4 Å². The van der Waals surface area contributed by atoms with Crippen LogP contribution in [-0.4, -0.2) is 131 Å². The van der Waals surface area contributed by atoms with Gasteiger partial charge in [0.15, 0.2) is 22.5 Å². The maximum Gasteiger partial charge on any atom is 0.341 e. The Morgan fingerprint density at radius 2 is 1.09 bits per heavy atom. The van der Waals surface area contributed by atoms with Crippen molar-refractivity contribution >= 4 is 50.4 Å². The molecule has 91 heavy (non-hydrogen) atoms. The Bertz CT molecular complexity index is 4570. The number of Topliss-reactive ketones (excluding diaryl/α,β-unsaturated/α-hetero) is 1. The predicted molar refractivity (Wildman–Crippen MR) is 338 cm³/mol. The van der Waals surface area contributed by atoms with Crippen molar-refractivity contribution in [2.75, 3.05) is 54.4 Å². The summed E-state index contributed by atoms with van der Waals surface area (Å²) in [6, 6.07) is 19.3. The van der Waals surface area contributed by atoms with Crippen molar-refractivity contribution in [2.45, 2.75) is 118 Å². The van der Waals surface area contributed by atoms with Gasteiger partial charge < -0.3 is 52.3 Å². The van der Waals surface area contributed by atoms with Crippen LogP contribution >= 0.6 is 0 Å². The normalized spacial score (nSPS) is 17.5. The predicted octanol–water partition coefficient (Wildman–Crippen LogP) is 10.3. The van der Waals surface area contributed by atoms with Gasteiger partial charge in [0.05, 0.1) is 104 Å². The van der Waals surface area contributed by atoms with Crippen molar-refractivity contribution in [3.63, 3.8) is 0 Å². The number of hydrogen-bond donors (Lipinski definition) is 2. The van der Waals surface area contributed by atoms with Crippen LogP contribution in [0.15, 0.2) is 99.7 Å². The van der Waals surface area contributed by atoms with Gasteiger partial charge in [-0.2, -0.15) is 15.3 Å². The van der Waals surface area contributed by atoms with Gasteiger partial charge in [-0.3, -0.25) is 33.2 Å². The molecule has 1 saturated heterocycles. The van der Waals surface area contributed by atoms with Crippen LogP contribution in [0, 0.1) is 16.6 Å². The van der Waals surface area contributed by atoms with Crippen LogP contribution in [0.3, 0.4) is 0 Å². The topological polar surface area (TPSA) is 267 Å². The van der Waals surface area contributed by atoms with E-state index in [0.717, 1.165) is 45.3 Å². The van der Waals surface area contributed by atoms with Crippen molar-refractivity contribution in [3.8, 4) is 51.4 Å². The van der Waals surface area contributed by atoms with Crippen LogP contribution in [-0.2, 0) is 27.3 Å². The van der Waals surface area contributed by atoms with Gasteiger partial charge in [-0.05, 0) is 49.8 Å². The molecule has 2 N–H and O–H groups in total. The summed E-state index contributed by atoms with van der Waals surface area (Å²) in [4.78, 5) is 73.0. The number of carbonyl (C=O) groups excluding carboxylic acids is 1. The second-order valence-electron chi connectivity index (χ2n) is 25.9. The number of carboxylic acids is 2. The monoisotopic (exact) mass is 1250 g/mol. The maximum absolute atomic E-state index is 15.5. The number of aromatic carboxylic acids is 2. The number of nitrogens with zero attached hydrogens (tertiary/aromatic N) is 9. The average Bonchev–Trinajstić information content (AvgIpc) is 1.62. The summed E-state index contributed by atoms with van der Waals surface area (Å²) in [5.41, 5.74) is 2.03. The third kappa shape index (κ3) is 11.3. The van der Waals surface area contributed by atoms with Gasteiger partial charge in [0.1, 0.15) is 50.6 Å². The number of rotatable bonds is 14. The minimum absolute atomic E-state index is 0.0445. The fraction of sp³-hybridized carbons (Fsp3) is 0.418. The van der Waals surface area contributed by atoms with E-state index >= 15 is 4.39 Å². The standard InChI is InChI=1S/C23H26FN3O5.C23H27N3O5.C21H21N3O4/c1-23(2,3)16-12-27-19(20-17(24)21(28)14(22(29)30)11-26(16)20)13-7-5-8-15(18(13)25-27)32-10-6-9-31-4;1-23(2,3)19-13-26-21(16-11-17(27)15(22(28)29)12-25(16)19)14-7-5-8-18(20(14)24-26)31-10-6-9-30-4;1-11(25)13-9-23-14(8-16(13)26)19-12-6-5-7-17(27-4)18(12)22-24(19)15-10-28-21(2,3)20(15)23/h5,7-8,11,16H,6,9-10,12H2,1-4H3,(H,29,30);5,7-8,11-12,19H,6,9-10,13H2,1-4H3,(H,28,29);5-9,15,20H,10H2,1-4H3/t;19-;/m.0./s1. The average molecular weight is 1250 g/mol. The molecule has 3 aromatic carbocycles. The molecule has 1 fully saturated rings. The largest absolute Gasteiger partial charge is 0.494 e. The molecule has 4 aliphatic heterocycles. The van der Waals surface area contributed by atoms with E-state index in [4.69, 9.17) is 43.7 Å². The highest BCUT2D eigenvalue weighted by atomic mass is 19.1. The van der Waals surface area contributed by atoms with Gasteiger partial charge in [0.25, 0.3) is 0 Å². The SMILES string of the molecule is COCCCOc1cccc2c3n(nc12)CC(C(C)(C)C)n1cc(C(=O)O)c(=O)c(F)c1-3.COCCCOc1cccc2c3n(nc12)C[C@@H](C(C)(C)C)n1cc(C(=O)O)c(=O)cc1-3.COc1cccc2c3n(nc12)C1COC(C)(C)C1n1cc(C(C)=O)c(=O)cc1-3. The number of fused-ring (bicyclic) bond motifs is 18. The molecule has 0 radical (unpaired) electrons. The zero-order chi connectivity index (χ0) is 65.3. The molecule has 4 aliphatic rings. The van der Waals surface area contributed by atoms with Gasteiger partial charge in [0.2, 0.25) is 5.43 Å². The van der Waals surface area contributed by atoms with E-state index in [1.54, 1.807) is 61.0 Å². The maximum atomic E-state index is 15.5. The Morgan fingerprint density at radius 1 is 0.615 bits per heavy atom. The summed E-state index contributed by atoms with van der Waals surface area (Å²) in [5, 5.41) is 35.7. The number of carboxylic acid groups (broad SMARTS) is 2. The van der Waals surface area contributed by atoms with Crippen molar-refractivity contribution in [2.24, 2.45) is 10.8 Å². The first-order valence-corrected chi connectivity index (χ1v) is 30.1. The smallest absolute Gasteiger partial charge is 0.341 e. The van der Waals surface area contributed by atoms with E-state index in [1.165, 1.54) is 25.4 Å². The minimum atomic E-state index is -1.45.